The summed E-state index contributed by atoms with van der Waals surface area (Å²) in [7, 11) is 0. The van der Waals surface area contributed by atoms with Gasteiger partial charge in [-0.05, 0) is 55.7 Å². The van der Waals surface area contributed by atoms with Crippen LogP contribution in [0.5, 0.6) is 0 Å². The highest BCUT2D eigenvalue weighted by molar-refractivity contribution is 5.73. The number of benzene rings is 1. The van der Waals surface area contributed by atoms with Gasteiger partial charge in [0.25, 0.3) is 0 Å². The first-order valence-corrected chi connectivity index (χ1v) is 10.2. The Morgan fingerprint density at radius 1 is 1.15 bits per heavy atom. The summed E-state index contributed by atoms with van der Waals surface area (Å²) < 4.78 is 6.07. The molecule has 142 valence electrons. The van der Waals surface area contributed by atoms with E-state index >= 15 is 0 Å². The fraction of sp³-hybridized carbons (Fsp3) is 0.682. The average Bonchev–Trinajstić information content (AvgIpc) is 3.40. The van der Waals surface area contributed by atoms with Crippen LogP contribution in [0.1, 0.15) is 38.2 Å². The summed E-state index contributed by atoms with van der Waals surface area (Å²) in [5, 5.41) is 0. The first-order valence-electron chi connectivity index (χ1n) is 10.2. The van der Waals surface area contributed by atoms with Crippen molar-refractivity contribution in [3.63, 3.8) is 0 Å². The molecule has 0 aromatic heterocycles. The van der Waals surface area contributed by atoms with Crippen LogP contribution < -0.4 is 0 Å². The van der Waals surface area contributed by atoms with Crippen molar-refractivity contribution in [3.8, 4) is 0 Å². The normalized spacial score (nSPS) is 25.7. The summed E-state index contributed by atoms with van der Waals surface area (Å²) in [6.07, 6.45) is 5.04. The second-order valence-electron chi connectivity index (χ2n) is 8.70. The van der Waals surface area contributed by atoms with Crippen LogP contribution in [0.3, 0.4) is 0 Å². The Balaban J connectivity index is 1.35. The van der Waals surface area contributed by atoms with Crippen LogP contribution in [0, 0.1) is 17.3 Å². The van der Waals surface area contributed by atoms with Gasteiger partial charge in [-0.25, -0.2) is 0 Å². The van der Waals surface area contributed by atoms with E-state index in [2.05, 4.69) is 40.1 Å². The molecular formula is C22H32N2O2. The monoisotopic (exact) mass is 356 g/mol. The molecule has 26 heavy (non-hydrogen) atoms. The van der Waals surface area contributed by atoms with Crippen LogP contribution in [0.4, 0.5) is 0 Å². The zero-order valence-electron chi connectivity index (χ0n) is 16.0. The maximum atomic E-state index is 12.0. The van der Waals surface area contributed by atoms with Gasteiger partial charge in [-0.15, -0.1) is 0 Å². The Labute approximate surface area is 157 Å². The molecule has 3 aliphatic rings. The van der Waals surface area contributed by atoms with Crippen molar-refractivity contribution in [2.45, 2.75) is 39.2 Å². The van der Waals surface area contributed by atoms with Crippen molar-refractivity contribution in [1.82, 2.24) is 9.80 Å². The van der Waals surface area contributed by atoms with Crippen LogP contribution in [0.2, 0.25) is 0 Å². The zero-order valence-corrected chi connectivity index (χ0v) is 16.0. The molecule has 4 rings (SSSR count). The number of hydrogen-bond donors (Lipinski definition) is 0. The molecule has 0 radical (unpaired) electrons. The Morgan fingerprint density at radius 2 is 1.88 bits per heavy atom. The highest BCUT2D eigenvalue weighted by Crippen LogP contribution is 2.45. The van der Waals surface area contributed by atoms with E-state index in [1.807, 2.05) is 0 Å². The topological polar surface area (TPSA) is 32.8 Å². The molecule has 2 aliphatic heterocycles. The van der Waals surface area contributed by atoms with E-state index < -0.39 is 0 Å². The summed E-state index contributed by atoms with van der Waals surface area (Å²) in [4.78, 5) is 16.6. The molecule has 1 aromatic carbocycles. The third kappa shape index (κ3) is 4.12. The Morgan fingerprint density at radius 3 is 2.54 bits per heavy atom. The first-order chi connectivity index (χ1) is 12.6. The van der Waals surface area contributed by atoms with Gasteiger partial charge >= 0.3 is 0 Å². The lowest BCUT2D eigenvalue weighted by Gasteiger charge is -2.42. The molecule has 0 N–H and O–H groups in total. The molecule has 1 aromatic rings. The average molecular weight is 357 g/mol. The van der Waals surface area contributed by atoms with Gasteiger partial charge in [-0.3, -0.25) is 9.69 Å². The molecule has 1 amide bonds. The van der Waals surface area contributed by atoms with Gasteiger partial charge < -0.3 is 9.64 Å². The van der Waals surface area contributed by atoms with Crippen molar-refractivity contribution >= 4 is 5.91 Å². The fourth-order valence-corrected chi connectivity index (χ4v) is 4.73. The van der Waals surface area contributed by atoms with Crippen molar-refractivity contribution in [2.75, 3.05) is 39.4 Å². The first kappa shape index (κ1) is 18.0. The molecule has 4 nitrogen and oxygen atoms in total. The number of ether oxygens (including phenoxy) is 1. The van der Waals surface area contributed by atoms with Crippen molar-refractivity contribution in [2.24, 2.45) is 17.3 Å². The summed E-state index contributed by atoms with van der Waals surface area (Å²) in [5.41, 5.74) is 1.66. The summed E-state index contributed by atoms with van der Waals surface area (Å²) in [6, 6.07) is 10.7. The highest BCUT2D eigenvalue weighted by atomic mass is 16.5. The van der Waals surface area contributed by atoms with Gasteiger partial charge in [0.05, 0.1) is 6.61 Å². The van der Waals surface area contributed by atoms with Gasteiger partial charge in [0.15, 0.2) is 0 Å². The molecule has 2 saturated heterocycles. The van der Waals surface area contributed by atoms with Crippen molar-refractivity contribution in [3.05, 3.63) is 35.9 Å². The van der Waals surface area contributed by atoms with Gasteiger partial charge in [-0.2, -0.15) is 0 Å². The van der Waals surface area contributed by atoms with Crippen LogP contribution in [-0.4, -0.2) is 55.1 Å². The summed E-state index contributed by atoms with van der Waals surface area (Å²) in [6.45, 7) is 8.57. The molecular weight excluding hydrogens is 324 g/mol. The molecule has 1 spiro atoms. The van der Waals surface area contributed by atoms with Crippen LogP contribution in [0.15, 0.2) is 30.3 Å². The molecule has 1 atom stereocenters. The lowest BCUT2D eigenvalue weighted by molar-refractivity contribution is -0.128. The molecule has 0 bridgehead atoms. The van der Waals surface area contributed by atoms with Crippen LogP contribution >= 0.6 is 0 Å². The van der Waals surface area contributed by atoms with Gasteiger partial charge in [0.2, 0.25) is 5.91 Å². The summed E-state index contributed by atoms with van der Waals surface area (Å²) >= 11 is 0. The number of nitrogens with zero attached hydrogens (tertiary/aromatic N) is 2. The minimum absolute atomic E-state index is 0.223. The quantitative estimate of drug-likeness (QED) is 0.785. The minimum atomic E-state index is 0.223. The predicted octanol–water partition coefficient (Wildman–Crippen LogP) is 3.17. The molecule has 1 aliphatic carbocycles. The number of rotatable bonds is 6. The zero-order chi connectivity index (χ0) is 18.0. The highest BCUT2D eigenvalue weighted by Gasteiger charge is 2.48. The van der Waals surface area contributed by atoms with E-state index in [4.69, 9.17) is 4.74 Å². The molecule has 2 heterocycles. The van der Waals surface area contributed by atoms with E-state index in [9.17, 15) is 4.79 Å². The van der Waals surface area contributed by atoms with E-state index in [0.29, 0.717) is 5.92 Å². The van der Waals surface area contributed by atoms with Crippen LogP contribution in [-0.2, 0) is 16.1 Å². The smallest absolute Gasteiger partial charge is 0.219 e. The SMILES string of the molecule is CC(=O)N1CC(COCC2CC2)C2(CCN(Cc3ccccc3)CC2)C1. The number of hydrogen-bond acceptors (Lipinski definition) is 3. The Bertz CT molecular complexity index is 606. The second kappa shape index (κ2) is 7.69. The van der Waals surface area contributed by atoms with E-state index in [-0.39, 0.29) is 11.3 Å². The second-order valence-corrected chi connectivity index (χ2v) is 8.70. The summed E-state index contributed by atoms with van der Waals surface area (Å²) in [5.74, 6) is 1.54. The maximum Gasteiger partial charge on any atom is 0.219 e. The van der Waals surface area contributed by atoms with E-state index in [1.165, 1.54) is 31.2 Å². The Hall–Kier alpha value is -1.39. The molecule has 3 fully saturated rings. The molecule has 1 unspecified atom stereocenters. The molecule has 4 heteroatoms. The largest absolute Gasteiger partial charge is 0.381 e. The van der Waals surface area contributed by atoms with Crippen molar-refractivity contribution in [1.29, 1.82) is 0 Å². The number of carbonyl (C=O) groups is 1. The van der Waals surface area contributed by atoms with Gasteiger partial charge in [0, 0.05) is 39.1 Å². The Kier molecular flexibility index (Phi) is 5.32. The van der Waals surface area contributed by atoms with Gasteiger partial charge in [-0.1, -0.05) is 30.3 Å². The molecule has 1 saturated carbocycles. The lowest BCUT2D eigenvalue weighted by Crippen LogP contribution is -2.45. The van der Waals surface area contributed by atoms with Crippen LogP contribution in [0.25, 0.3) is 0 Å². The minimum Gasteiger partial charge on any atom is -0.381 e. The predicted molar refractivity (Wildman–Crippen MR) is 103 cm³/mol. The maximum absolute atomic E-state index is 12.0. The van der Waals surface area contributed by atoms with Crippen molar-refractivity contribution < 1.29 is 9.53 Å². The standard InChI is InChI=1S/C22H32N2O2/c1-18(25)24-14-21(16-26-15-20-7-8-20)22(17-24)9-11-23(12-10-22)13-19-5-3-2-4-6-19/h2-6,20-21H,7-17H2,1H3. The third-order valence-corrected chi connectivity index (χ3v) is 6.73. The lowest BCUT2D eigenvalue weighted by atomic mass is 9.71. The number of piperidine rings is 1. The number of amides is 1. The fourth-order valence-electron chi connectivity index (χ4n) is 4.73. The van der Waals surface area contributed by atoms with Gasteiger partial charge in [0.1, 0.15) is 0 Å². The third-order valence-electron chi connectivity index (χ3n) is 6.73. The van der Waals surface area contributed by atoms with E-state index in [0.717, 1.165) is 51.9 Å². The number of likely N-dealkylation sites (tertiary alicyclic amines) is 2. The number of carbonyl (C=O) groups excluding carboxylic acids is 1. The van der Waals surface area contributed by atoms with E-state index in [1.54, 1.807) is 6.92 Å².